The highest BCUT2D eigenvalue weighted by atomic mass is 32.2. The molecule has 0 spiro atoms. The number of hydrogen-bond donors (Lipinski definition) is 0. The van der Waals surface area contributed by atoms with Gasteiger partial charge in [-0.2, -0.15) is 0 Å². The molecule has 26 heavy (non-hydrogen) atoms. The van der Waals surface area contributed by atoms with Crippen molar-refractivity contribution in [2.45, 2.75) is 30.5 Å². The monoisotopic (exact) mass is 367 g/mol. The largest absolute Gasteiger partial charge is 0.341 e. The van der Waals surface area contributed by atoms with E-state index < -0.39 is 20.3 Å². The SMILES string of the molecule is Cc1ccc2c(c1)c1c3n2CC(c2ccncc2)S(=O)(=O)C3CN(C)C1. The van der Waals surface area contributed by atoms with Crippen LogP contribution in [0.2, 0.25) is 0 Å². The Hall–Kier alpha value is -2.18. The topological polar surface area (TPSA) is 55.2 Å². The molecule has 2 unspecified atom stereocenters. The standard InChI is InChI=1S/C20H21N3O2S/c1-13-3-4-17-15(9-13)16-10-22(2)11-19-20(16)23(17)12-18(26(19,24)25)14-5-7-21-8-6-14/h3-9,18-19H,10-12H2,1-2H3. The second kappa shape index (κ2) is 5.41. The lowest BCUT2D eigenvalue weighted by molar-refractivity contribution is 0.295. The second-order valence-corrected chi connectivity index (χ2v) is 9.85. The predicted octanol–water partition coefficient (Wildman–Crippen LogP) is 3.00. The Labute approximate surface area is 153 Å². The first kappa shape index (κ1) is 16.0. The minimum absolute atomic E-state index is 0.474. The van der Waals surface area contributed by atoms with E-state index in [2.05, 4.69) is 39.6 Å². The van der Waals surface area contributed by atoms with E-state index >= 15 is 0 Å². The summed E-state index contributed by atoms with van der Waals surface area (Å²) in [6.45, 7) is 3.91. The zero-order valence-corrected chi connectivity index (χ0v) is 15.7. The summed E-state index contributed by atoms with van der Waals surface area (Å²) < 4.78 is 29.3. The van der Waals surface area contributed by atoms with Crippen LogP contribution in [0.3, 0.4) is 0 Å². The molecule has 0 saturated carbocycles. The summed E-state index contributed by atoms with van der Waals surface area (Å²) in [6.07, 6.45) is 3.35. The molecular weight excluding hydrogens is 346 g/mol. The molecule has 0 saturated heterocycles. The van der Waals surface area contributed by atoms with Crippen molar-refractivity contribution in [1.82, 2.24) is 14.5 Å². The van der Waals surface area contributed by atoms with Gasteiger partial charge in [0.1, 0.15) is 10.5 Å². The summed E-state index contributed by atoms with van der Waals surface area (Å²) in [6, 6.07) is 10.1. The zero-order chi connectivity index (χ0) is 18.1. The summed E-state index contributed by atoms with van der Waals surface area (Å²) in [5, 5.41) is 0.192. The average Bonchev–Trinajstić information content (AvgIpc) is 2.92. The summed E-state index contributed by atoms with van der Waals surface area (Å²) in [7, 11) is -1.33. The molecule has 2 aliphatic heterocycles. The first-order valence-corrected chi connectivity index (χ1v) is 10.5. The second-order valence-electron chi connectivity index (χ2n) is 7.54. The van der Waals surface area contributed by atoms with Crippen LogP contribution in [0.5, 0.6) is 0 Å². The van der Waals surface area contributed by atoms with Gasteiger partial charge in [-0.15, -0.1) is 0 Å². The lowest BCUT2D eigenvalue weighted by Crippen LogP contribution is -2.41. The van der Waals surface area contributed by atoms with Gasteiger partial charge in [-0.3, -0.25) is 4.98 Å². The fraction of sp³-hybridized carbons (Fsp3) is 0.350. The van der Waals surface area contributed by atoms with Crippen molar-refractivity contribution < 1.29 is 8.42 Å². The number of benzene rings is 1. The molecule has 5 rings (SSSR count). The predicted molar refractivity (Wildman–Crippen MR) is 102 cm³/mol. The number of likely N-dealkylation sites (N-methyl/N-ethyl adjacent to an activating group) is 1. The fourth-order valence-corrected chi connectivity index (χ4v) is 6.93. The van der Waals surface area contributed by atoms with Gasteiger partial charge < -0.3 is 9.47 Å². The van der Waals surface area contributed by atoms with Crippen LogP contribution in [0.1, 0.15) is 32.9 Å². The number of aryl methyl sites for hydroxylation is 1. The first-order valence-electron chi connectivity index (χ1n) is 8.89. The third-order valence-corrected chi connectivity index (χ3v) is 8.18. The van der Waals surface area contributed by atoms with E-state index in [4.69, 9.17) is 0 Å². The Kier molecular flexibility index (Phi) is 3.33. The molecule has 0 N–H and O–H groups in total. The van der Waals surface area contributed by atoms with Gasteiger partial charge in [-0.05, 0) is 49.4 Å². The van der Waals surface area contributed by atoms with Crippen LogP contribution in [0.25, 0.3) is 10.9 Å². The number of fused-ring (bicyclic) bond motifs is 3. The number of nitrogens with zero attached hydrogens (tertiary/aromatic N) is 3. The van der Waals surface area contributed by atoms with E-state index in [0.717, 1.165) is 23.3 Å². The number of pyridine rings is 1. The molecule has 0 bridgehead atoms. The molecule has 6 heteroatoms. The van der Waals surface area contributed by atoms with E-state index in [1.807, 2.05) is 19.2 Å². The minimum Gasteiger partial charge on any atom is -0.341 e. The van der Waals surface area contributed by atoms with Crippen molar-refractivity contribution in [2.24, 2.45) is 0 Å². The Balaban J connectivity index is 1.82. The van der Waals surface area contributed by atoms with Crippen LogP contribution in [0.4, 0.5) is 0 Å². The summed E-state index contributed by atoms with van der Waals surface area (Å²) in [5.74, 6) is 0. The quantitative estimate of drug-likeness (QED) is 0.663. The van der Waals surface area contributed by atoms with Gasteiger partial charge in [0.15, 0.2) is 9.84 Å². The number of aromatic nitrogens is 2. The smallest absolute Gasteiger partial charge is 0.168 e. The van der Waals surface area contributed by atoms with Gasteiger partial charge in [0.2, 0.25) is 0 Å². The molecule has 0 amide bonds. The maximum Gasteiger partial charge on any atom is 0.168 e. The highest BCUT2D eigenvalue weighted by Gasteiger charge is 2.46. The molecule has 3 aromatic rings. The van der Waals surface area contributed by atoms with Crippen LogP contribution in [0, 0.1) is 6.92 Å². The molecule has 2 aliphatic rings. The lowest BCUT2D eigenvalue weighted by atomic mass is 10.0. The summed E-state index contributed by atoms with van der Waals surface area (Å²) in [4.78, 5) is 6.18. The van der Waals surface area contributed by atoms with Crippen LogP contribution in [0.15, 0.2) is 42.7 Å². The molecule has 0 fully saturated rings. The van der Waals surface area contributed by atoms with Crippen LogP contribution < -0.4 is 0 Å². The van der Waals surface area contributed by atoms with Gasteiger partial charge >= 0.3 is 0 Å². The van der Waals surface area contributed by atoms with Gasteiger partial charge in [0.25, 0.3) is 0 Å². The molecule has 4 heterocycles. The number of sulfone groups is 1. The molecule has 2 atom stereocenters. The average molecular weight is 367 g/mol. The first-order chi connectivity index (χ1) is 12.5. The van der Waals surface area contributed by atoms with E-state index in [1.54, 1.807) is 12.4 Å². The van der Waals surface area contributed by atoms with Crippen molar-refractivity contribution in [2.75, 3.05) is 13.6 Å². The highest BCUT2D eigenvalue weighted by molar-refractivity contribution is 7.92. The van der Waals surface area contributed by atoms with Gasteiger partial charge in [-0.25, -0.2) is 8.42 Å². The van der Waals surface area contributed by atoms with Gasteiger partial charge in [0.05, 0.1) is 0 Å². The van der Waals surface area contributed by atoms with E-state index in [1.165, 1.54) is 16.5 Å². The number of hydrogen-bond acceptors (Lipinski definition) is 4. The molecule has 1 aromatic carbocycles. The fourth-order valence-electron chi connectivity index (χ4n) is 4.59. The van der Waals surface area contributed by atoms with Crippen LogP contribution in [-0.4, -0.2) is 36.5 Å². The third-order valence-electron chi connectivity index (χ3n) is 5.80. The maximum atomic E-state index is 13.5. The Morgan fingerprint density at radius 3 is 2.62 bits per heavy atom. The number of rotatable bonds is 1. The van der Waals surface area contributed by atoms with E-state index in [9.17, 15) is 8.42 Å². The zero-order valence-electron chi connectivity index (χ0n) is 14.9. The van der Waals surface area contributed by atoms with E-state index in [-0.39, 0.29) is 0 Å². The minimum atomic E-state index is -3.33. The van der Waals surface area contributed by atoms with Crippen LogP contribution in [-0.2, 0) is 22.9 Å². The van der Waals surface area contributed by atoms with Crippen molar-refractivity contribution in [3.05, 3.63) is 65.1 Å². The highest BCUT2D eigenvalue weighted by Crippen LogP contribution is 2.47. The third kappa shape index (κ3) is 2.12. The molecular formula is C20H21N3O2S. The lowest BCUT2D eigenvalue weighted by Gasteiger charge is -2.38. The molecule has 2 aromatic heterocycles. The van der Waals surface area contributed by atoms with Gasteiger partial charge in [0, 0.05) is 48.6 Å². The normalized spacial score (nSPS) is 24.5. The molecule has 0 aliphatic carbocycles. The molecule has 134 valence electrons. The Bertz CT molecular complexity index is 1120. The van der Waals surface area contributed by atoms with E-state index in [0.29, 0.717) is 13.1 Å². The summed E-state index contributed by atoms with van der Waals surface area (Å²) in [5.41, 5.74) is 5.37. The van der Waals surface area contributed by atoms with Crippen molar-refractivity contribution in [3.8, 4) is 0 Å². The maximum absolute atomic E-state index is 13.5. The van der Waals surface area contributed by atoms with Crippen molar-refractivity contribution in [1.29, 1.82) is 0 Å². The Morgan fingerprint density at radius 2 is 1.85 bits per heavy atom. The van der Waals surface area contributed by atoms with Crippen LogP contribution >= 0.6 is 0 Å². The summed E-state index contributed by atoms with van der Waals surface area (Å²) >= 11 is 0. The van der Waals surface area contributed by atoms with Crippen molar-refractivity contribution in [3.63, 3.8) is 0 Å². The molecule has 0 radical (unpaired) electrons. The van der Waals surface area contributed by atoms with Gasteiger partial charge in [-0.1, -0.05) is 11.6 Å². The Morgan fingerprint density at radius 1 is 1.08 bits per heavy atom. The molecule has 5 nitrogen and oxygen atoms in total. The van der Waals surface area contributed by atoms with Crippen molar-refractivity contribution >= 4 is 20.7 Å².